The van der Waals surface area contributed by atoms with E-state index in [1.165, 1.54) is 0 Å². The van der Waals surface area contributed by atoms with Crippen molar-refractivity contribution in [1.29, 1.82) is 0 Å². The van der Waals surface area contributed by atoms with Crippen LogP contribution in [0, 0.1) is 20.8 Å². The van der Waals surface area contributed by atoms with Gasteiger partial charge in [-0.2, -0.15) is 0 Å². The molecule has 1 amide bonds. The molecule has 114 valence electrons. The summed E-state index contributed by atoms with van der Waals surface area (Å²) in [4.78, 5) is 12.3. The molecule has 0 saturated heterocycles. The summed E-state index contributed by atoms with van der Waals surface area (Å²) in [6.07, 6.45) is 3.30. The van der Waals surface area contributed by atoms with Gasteiger partial charge in [0.2, 0.25) is 0 Å². The minimum atomic E-state index is -0.0225. The lowest BCUT2D eigenvalue weighted by atomic mass is 10.2. The average Bonchev–Trinajstić information content (AvgIpc) is 2.98. The van der Waals surface area contributed by atoms with E-state index >= 15 is 0 Å². The molecule has 0 bridgehead atoms. The fraction of sp³-hybridized carbons (Fsp3) is 0.500. The van der Waals surface area contributed by atoms with Crippen molar-refractivity contribution in [2.45, 2.75) is 47.0 Å². The number of nitrogens with zero attached hydrogens (tertiary/aromatic N) is 2. The molecule has 0 aliphatic rings. The number of unbranched alkanes of at least 4 members (excludes halogenated alkanes) is 2. The van der Waals surface area contributed by atoms with Crippen molar-refractivity contribution in [3.63, 3.8) is 0 Å². The Labute approximate surface area is 125 Å². The Morgan fingerprint density at radius 1 is 1.29 bits per heavy atom. The maximum absolute atomic E-state index is 12.3. The van der Waals surface area contributed by atoms with E-state index in [-0.39, 0.29) is 5.91 Å². The second-order valence-corrected chi connectivity index (χ2v) is 5.38. The highest BCUT2D eigenvalue weighted by atomic mass is 16.5. The van der Waals surface area contributed by atoms with Gasteiger partial charge in [-0.25, -0.2) is 0 Å². The van der Waals surface area contributed by atoms with E-state index in [0.29, 0.717) is 11.4 Å². The van der Waals surface area contributed by atoms with E-state index in [9.17, 15) is 4.79 Å². The summed E-state index contributed by atoms with van der Waals surface area (Å²) in [5, 5.41) is 7.00. The molecule has 1 N–H and O–H groups in total. The topological polar surface area (TPSA) is 60.1 Å². The van der Waals surface area contributed by atoms with E-state index in [2.05, 4.69) is 17.4 Å². The molecular weight excluding hydrogens is 266 g/mol. The van der Waals surface area contributed by atoms with Crippen molar-refractivity contribution in [2.75, 3.05) is 6.54 Å². The Hall–Kier alpha value is -2.04. The smallest absolute Gasteiger partial charge is 0.253 e. The van der Waals surface area contributed by atoms with Crippen LogP contribution in [0.4, 0.5) is 0 Å². The van der Waals surface area contributed by atoms with Crippen molar-refractivity contribution in [3.05, 3.63) is 34.8 Å². The lowest BCUT2D eigenvalue weighted by Gasteiger charge is -2.06. The van der Waals surface area contributed by atoms with Gasteiger partial charge < -0.3 is 9.84 Å². The van der Waals surface area contributed by atoms with Crippen LogP contribution in [0.15, 0.2) is 16.7 Å². The molecule has 0 aliphatic carbocycles. The van der Waals surface area contributed by atoms with Crippen LogP contribution in [0.3, 0.4) is 0 Å². The minimum Gasteiger partial charge on any atom is -0.360 e. The van der Waals surface area contributed by atoms with Gasteiger partial charge in [-0.15, -0.1) is 0 Å². The maximum Gasteiger partial charge on any atom is 0.253 e. The van der Waals surface area contributed by atoms with Crippen molar-refractivity contribution < 1.29 is 9.32 Å². The number of hydrogen-bond acceptors (Lipinski definition) is 3. The molecule has 0 aromatic carbocycles. The Bertz CT molecular complexity index is 626. The zero-order valence-electron chi connectivity index (χ0n) is 13.2. The van der Waals surface area contributed by atoms with Crippen LogP contribution in [0.1, 0.15) is 53.7 Å². The largest absolute Gasteiger partial charge is 0.360 e. The summed E-state index contributed by atoms with van der Waals surface area (Å²) in [5.74, 6) is 1.45. The molecule has 0 saturated carbocycles. The van der Waals surface area contributed by atoms with Gasteiger partial charge in [0.25, 0.3) is 5.91 Å². The molecule has 5 heteroatoms. The molecule has 5 nitrogen and oxygen atoms in total. The fourth-order valence-electron chi connectivity index (χ4n) is 2.48. The predicted molar refractivity (Wildman–Crippen MR) is 81.9 cm³/mol. The van der Waals surface area contributed by atoms with Gasteiger partial charge in [0.15, 0.2) is 5.82 Å². The molecule has 0 atom stereocenters. The molecule has 2 rings (SSSR count). The van der Waals surface area contributed by atoms with E-state index < -0.39 is 0 Å². The summed E-state index contributed by atoms with van der Waals surface area (Å²) in [7, 11) is 0. The highest BCUT2D eigenvalue weighted by Crippen LogP contribution is 2.20. The van der Waals surface area contributed by atoms with Crippen LogP contribution in [0.5, 0.6) is 0 Å². The zero-order chi connectivity index (χ0) is 15.4. The van der Waals surface area contributed by atoms with Crippen LogP contribution in [0.25, 0.3) is 5.82 Å². The lowest BCUT2D eigenvalue weighted by Crippen LogP contribution is -2.24. The summed E-state index contributed by atoms with van der Waals surface area (Å²) in [6.45, 7) is 8.61. The van der Waals surface area contributed by atoms with Gasteiger partial charge in [-0.3, -0.25) is 9.36 Å². The third-order valence-electron chi connectivity index (χ3n) is 3.59. The molecule has 21 heavy (non-hydrogen) atoms. The van der Waals surface area contributed by atoms with Gasteiger partial charge in [0.05, 0.1) is 5.56 Å². The van der Waals surface area contributed by atoms with Gasteiger partial charge in [-0.1, -0.05) is 24.9 Å². The SMILES string of the molecule is CCCCCNC(=O)c1cc(C)n(-c2cc(C)on2)c1C. The van der Waals surface area contributed by atoms with Crippen LogP contribution in [-0.4, -0.2) is 22.2 Å². The van der Waals surface area contributed by atoms with Crippen LogP contribution in [0.2, 0.25) is 0 Å². The summed E-state index contributed by atoms with van der Waals surface area (Å²) >= 11 is 0. The third kappa shape index (κ3) is 3.35. The highest BCUT2D eigenvalue weighted by molar-refractivity contribution is 5.95. The number of aromatic nitrogens is 2. The summed E-state index contributed by atoms with van der Waals surface area (Å²) in [6, 6.07) is 3.76. The van der Waals surface area contributed by atoms with Crippen molar-refractivity contribution >= 4 is 5.91 Å². The molecule has 0 unspecified atom stereocenters. The third-order valence-corrected chi connectivity index (χ3v) is 3.59. The summed E-state index contributed by atoms with van der Waals surface area (Å²) in [5.41, 5.74) is 2.55. The Balaban J connectivity index is 2.17. The molecule has 2 aromatic rings. The first-order valence-corrected chi connectivity index (χ1v) is 7.45. The number of carbonyl (C=O) groups is 1. The number of rotatable bonds is 6. The summed E-state index contributed by atoms with van der Waals surface area (Å²) < 4.78 is 7.06. The average molecular weight is 289 g/mol. The number of aryl methyl sites for hydroxylation is 2. The molecule has 0 fully saturated rings. The molecule has 0 spiro atoms. The maximum atomic E-state index is 12.3. The first kappa shape index (κ1) is 15.4. The normalized spacial score (nSPS) is 10.9. The highest BCUT2D eigenvalue weighted by Gasteiger charge is 2.17. The van der Waals surface area contributed by atoms with Crippen LogP contribution < -0.4 is 5.32 Å². The Morgan fingerprint density at radius 2 is 2.05 bits per heavy atom. The van der Waals surface area contributed by atoms with Crippen LogP contribution in [-0.2, 0) is 0 Å². The first-order valence-electron chi connectivity index (χ1n) is 7.45. The molecule has 2 heterocycles. The Kier molecular flexibility index (Phi) is 4.83. The quantitative estimate of drug-likeness (QED) is 0.830. The van der Waals surface area contributed by atoms with Gasteiger partial charge in [0, 0.05) is 24.0 Å². The van der Waals surface area contributed by atoms with Crippen LogP contribution >= 0.6 is 0 Å². The zero-order valence-corrected chi connectivity index (χ0v) is 13.2. The molecule has 2 aromatic heterocycles. The van der Waals surface area contributed by atoms with E-state index in [1.54, 1.807) is 0 Å². The van der Waals surface area contributed by atoms with Crippen molar-refractivity contribution in [3.8, 4) is 5.82 Å². The van der Waals surface area contributed by atoms with Gasteiger partial charge >= 0.3 is 0 Å². The number of amides is 1. The molecule has 0 radical (unpaired) electrons. The van der Waals surface area contributed by atoms with Gasteiger partial charge in [0.1, 0.15) is 5.76 Å². The first-order chi connectivity index (χ1) is 10.0. The number of carbonyl (C=O) groups excluding carboxylic acids is 1. The minimum absolute atomic E-state index is 0.0225. The predicted octanol–water partition coefficient (Wildman–Crippen LogP) is 3.31. The fourth-order valence-corrected chi connectivity index (χ4v) is 2.48. The molecule has 0 aliphatic heterocycles. The van der Waals surface area contributed by atoms with E-state index in [1.807, 2.05) is 37.5 Å². The van der Waals surface area contributed by atoms with E-state index in [0.717, 1.165) is 43.0 Å². The second kappa shape index (κ2) is 6.61. The van der Waals surface area contributed by atoms with E-state index in [4.69, 9.17) is 4.52 Å². The lowest BCUT2D eigenvalue weighted by molar-refractivity contribution is 0.0952. The van der Waals surface area contributed by atoms with Gasteiger partial charge in [-0.05, 0) is 33.3 Å². The van der Waals surface area contributed by atoms with Crippen molar-refractivity contribution in [2.24, 2.45) is 0 Å². The second-order valence-electron chi connectivity index (χ2n) is 5.38. The monoisotopic (exact) mass is 289 g/mol. The number of nitrogens with one attached hydrogen (secondary N) is 1. The standard InChI is InChI=1S/C16H23N3O2/c1-5-6-7-8-17-16(20)14-9-11(2)19(13(14)4)15-10-12(3)21-18-15/h9-10H,5-8H2,1-4H3,(H,17,20). The Morgan fingerprint density at radius 3 is 2.67 bits per heavy atom. The molecular formula is C16H23N3O2. The number of hydrogen-bond donors (Lipinski definition) is 1. The van der Waals surface area contributed by atoms with Crippen molar-refractivity contribution in [1.82, 2.24) is 15.0 Å².